The molecule has 1 aromatic carbocycles. The van der Waals surface area contributed by atoms with E-state index in [4.69, 9.17) is 18.7 Å². The van der Waals surface area contributed by atoms with Crippen molar-refractivity contribution in [2.24, 2.45) is 0 Å². The van der Waals surface area contributed by atoms with Gasteiger partial charge >= 0.3 is 0 Å². The summed E-state index contributed by atoms with van der Waals surface area (Å²) >= 11 is 0. The Labute approximate surface area is 202 Å². The van der Waals surface area contributed by atoms with Crippen LogP contribution in [0.1, 0.15) is 12.5 Å². The van der Waals surface area contributed by atoms with Crippen molar-refractivity contribution in [3.8, 4) is 11.3 Å². The van der Waals surface area contributed by atoms with Gasteiger partial charge in [-0.15, -0.1) is 0 Å². The molecular formula is C25H38N4O5. The van der Waals surface area contributed by atoms with Crippen LogP contribution >= 0.6 is 0 Å². The van der Waals surface area contributed by atoms with Gasteiger partial charge < -0.3 is 28.7 Å². The molecule has 3 heterocycles. The third-order valence-corrected chi connectivity index (χ3v) is 6.31. The SMILES string of the molecule is CCOC[C@H](O)CN(CCN1CCOCC1)Cc1c(-c2ccccc2)noc1N1CCOCC1. The number of benzene rings is 1. The zero-order chi connectivity index (χ0) is 23.6. The highest BCUT2D eigenvalue weighted by atomic mass is 16.5. The Morgan fingerprint density at radius 1 is 1.06 bits per heavy atom. The van der Waals surface area contributed by atoms with Crippen molar-refractivity contribution in [3.63, 3.8) is 0 Å². The predicted octanol–water partition coefficient (Wildman–Crippen LogP) is 1.71. The molecule has 0 spiro atoms. The van der Waals surface area contributed by atoms with Crippen LogP contribution < -0.4 is 4.90 Å². The molecule has 2 aliphatic rings. The molecule has 1 atom stereocenters. The summed E-state index contributed by atoms with van der Waals surface area (Å²) in [7, 11) is 0. The van der Waals surface area contributed by atoms with E-state index in [2.05, 4.69) is 32.0 Å². The van der Waals surface area contributed by atoms with Gasteiger partial charge in [-0.25, -0.2) is 0 Å². The van der Waals surface area contributed by atoms with Crippen LogP contribution in [-0.2, 0) is 20.8 Å². The molecular weight excluding hydrogens is 436 g/mol. The zero-order valence-corrected chi connectivity index (χ0v) is 20.2. The smallest absolute Gasteiger partial charge is 0.232 e. The quantitative estimate of drug-likeness (QED) is 0.494. The molecule has 2 saturated heterocycles. The lowest BCUT2D eigenvalue weighted by atomic mass is 10.1. The van der Waals surface area contributed by atoms with Gasteiger partial charge in [-0.3, -0.25) is 9.80 Å². The minimum atomic E-state index is -0.559. The van der Waals surface area contributed by atoms with Crippen LogP contribution in [0.25, 0.3) is 11.3 Å². The number of anilines is 1. The number of rotatable bonds is 12. The molecule has 1 aromatic heterocycles. The summed E-state index contributed by atoms with van der Waals surface area (Å²) in [4.78, 5) is 6.93. The van der Waals surface area contributed by atoms with E-state index < -0.39 is 6.10 Å². The molecule has 9 heteroatoms. The number of aliphatic hydroxyl groups is 1. The number of hydrogen-bond acceptors (Lipinski definition) is 9. The first-order valence-corrected chi connectivity index (χ1v) is 12.4. The van der Waals surface area contributed by atoms with Crippen LogP contribution in [-0.4, -0.2) is 112 Å². The fourth-order valence-corrected chi connectivity index (χ4v) is 4.45. The molecule has 2 aromatic rings. The third-order valence-electron chi connectivity index (χ3n) is 6.31. The second kappa shape index (κ2) is 13.2. The Hall–Kier alpha value is -2.01. The van der Waals surface area contributed by atoms with Crippen molar-refractivity contribution in [2.45, 2.75) is 19.6 Å². The number of nitrogens with zero attached hydrogens (tertiary/aromatic N) is 4. The van der Waals surface area contributed by atoms with Gasteiger partial charge in [-0.2, -0.15) is 0 Å². The van der Waals surface area contributed by atoms with E-state index in [1.807, 2.05) is 25.1 Å². The average molecular weight is 475 g/mol. The molecule has 0 unspecified atom stereocenters. The fourth-order valence-electron chi connectivity index (χ4n) is 4.45. The Bertz CT molecular complexity index is 837. The Balaban J connectivity index is 1.56. The number of hydrogen-bond donors (Lipinski definition) is 1. The summed E-state index contributed by atoms with van der Waals surface area (Å²) in [5.74, 6) is 0.804. The highest BCUT2D eigenvalue weighted by Gasteiger charge is 2.26. The maximum atomic E-state index is 10.7. The summed E-state index contributed by atoms with van der Waals surface area (Å²) in [5.41, 5.74) is 2.94. The van der Waals surface area contributed by atoms with Crippen LogP contribution in [0.15, 0.2) is 34.9 Å². The lowest BCUT2D eigenvalue weighted by Crippen LogP contribution is -2.43. The highest BCUT2D eigenvalue weighted by Crippen LogP contribution is 2.33. The maximum Gasteiger partial charge on any atom is 0.232 e. The molecule has 2 fully saturated rings. The van der Waals surface area contributed by atoms with Crippen molar-refractivity contribution in [3.05, 3.63) is 35.9 Å². The molecule has 1 N–H and O–H groups in total. The summed E-state index contributed by atoms with van der Waals surface area (Å²) < 4.78 is 22.5. The van der Waals surface area contributed by atoms with E-state index >= 15 is 0 Å². The van der Waals surface area contributed by atoms with Crippen LogP contribution in [0, 0.1) is 0 Å². The fraction of sp³-hybridized carbons (Fsp3) is 0.640. The van der Waals surface area contributed by atoms with E-state index in [0.29, 0.717) is 39.5 Å². The number of ether oxygens (including phenoxy) is 3. The van der Waals surface area contributed by atoms with Gasteiger partial charge in [0, 0.05) is 64.5 Å². The molecule has 0 radical (unpaired) electrons. The normalized spacial score (nSPS) is 18.5. The molecule has 0 amide bonds. The lowest BCUT2D eigenvalue weighted by Gasteiger charge is -2.32. The second-order valence-corrected chi connectivity index (χ2v) is 8.78. The molecule has 4 rings (SSSR count). The van der Waals surface area contributed by atoms with Gasteiger partial charge in [0.05, 0.1) is 44.7 Å². The minimum absolute atomic E-state index is 0.329. The standard InChI is InChI=1S/C25H38N4O5/c1-2-31-20-22(30)18-28(9-8-27-10-14-32-15-11-27)19-23-24(21-6-4-3-5-7-21)26-34-25(23)29-12-16-33-17-13-29/h3-7,22,30H,2,8-20H2,1H3/t22-/m1/s1. The molecule has 2 aliphatic heterocycles. The summed E-state index contributed by atoms with van der Waals surface area (Å²) in [6, 6.07) is 10.2. The molecule has 188 valence electrons. The van der Waals surface area contributed by atoms with Crippen LogP contribution in [0.3, 0.4) is 0 Å². The molecule has 0 saturated carbocycles. The van der Waals surface area contributed by atoms with Gasteiger partial charge in [0.2, 0.25) is 5.88 Å². The zero-order valence-electron chi connectivity index (χ0n) is 20.2. The first-order valence-electron chi connectivity index (χ1n) is 12.4. The average Bonchev–Trinajstić information content (AvgIpc) is 3.31. The molecule has 9 nitrogen and oxygen atoms in total. The summed E-state index contributed by atoms with van der Waals surface area (Å²) in [6.07, 6.45) is -0.559. The predicted molar refractivity (Wildman–Crippen MR) is 130 cm³/mol. The van der Waals surface area contributed by atoms with Crippen molar-refractivity contribution >= 4 is 5.88 Å². The molecule has 0 bridgehead atoms. The van der Waals surface area contributed by atoms with E-state index in [9.17, 15) is 5.11 Å². The number of aliphatic hydroxyl groups excluding tert-OH is 1. The van der Waals surface area contributed by atoms with E-state index in [1.165, 1.54) is 0 Å². The molecule has 34 heavy (non-hydrogen) atoms. The first-order chi connectivity index (χ1) is 16.7. The Kier molecular flexibility index (Phi) is 9.73. The number of morpholine rings is 2. The maximum absolute atomic E-state index is 10.7. The van der Waals surface area contributed by atoms with Crippen LogP contribution in [0.2, 0.25) is 0 Å². The van der Waals surface area contributed by atoms with Gasteiger partial charge in [0.25, 0.3) is 0 Å². The van der Waals surface area contributed by atoms with Gasteiger partial charge in [0.1, 0.15) is 5.69 Å². The lowest BCUT2D eigenvalue weighted by molar-refractivity contribution is 0.00987. The van der Waals surface area contributed by atoms with Crippen LogP contribution in [0.4, 0.5) is 5.88 Å². The van der Waals surface area contributed by atoms with Gasteiger partial charge in [-0.1, -0.05) is 35.5 Å². The van der Waals surface area contributed by atoms with Crippen molar-refractivity contribution in [1.29, 1.82) is 0 Å². The van der Waals surface area contributed by atoms with E-state index in [0.717, 1.165) is 75.2 Å². The second-order valence-electron chi connectivity index (χ2n) is 8.78. The summed E-state index contributed by atoms with van der Waals surface area (Å²) in [6.45, 7) is 12.1. The van der Waals surface area contributed by atoms with E-state index in [1.54, 1.807) is 0 Å². The third kappa shape index (κ3) is 7.00. The molecule has 0 aliphatic carbocycles. The first kappa shape index (κ1) is 25.1. The van der Waals surface area contributed by atoms with Gasteiger partial charge in [-0.05, 0) is 6.92 Å². The van der Waals surface area contributed by atoms with Crippen LogP contribution in [0.5, 0.6) is 0 Å². The van der Waals surface area contributed by atoms with Crippen molar-refractivity contribution < 1.29 is 23.8 Å². The Morgan fingerprint density at radius 2 is 1.76 bits per heavy atom. The monoisotopic (exact) mass is 474 g/mol. The topological polar surface area (TPSA) is 83.7 Å². The van der Waals surface area contributed by atoms with Crippen molar-refractivity contribution in [2.75, 3.05) is 90.4 Å². The largest absolute Gasteiger partial charge is 0.389 e. The highest BCUT2D eigenvalue weighted by molar-refractivity contribution is 5.68. The Morgan fingerprint density at radius 3 is 2.47 bits per heavy atom. The van der Waals surface area contributed by atoms with E-state index in [-0.39, 0.29) is 0 Å². The minimum Gasteiger partial charge on any atom is -0.389 e. The number of aromatic nitrogens is 1. The summed E-state index contributed by atoms with van der Waals surface area (Å²) in [5, 5.41) is 15.1. The van der Waals surface area contributed by atoms with Gasteiger partial charge in [0.15, 0.2) is 0 Å². The van der Waals surface area contributed by atoms with Crippen molar-refractivity contribution in [1.82, 2.24) is 15.0 Å².